The molecule has 5 fully saturated rings. The minimum absolute atomic E-state index is 0. The van der Waals surface area contributed by atoms with Gasteiger partial charge in [-0.1, -0.05) is 104 Å². The second-order valence-corrected chi connectivity index (χ2v) is 21.9. The van der Waals surface area contributed by atoms with E-state index in [1.165, 1.54) is 77.0 Å². The van der Waals surface area contributed by atoms with E-state index in [0.29, 0.717) is 76.2 Å². The Hall–Kier alpha value is -3.42. The summed E-state index contributed by atoms with van der Waals surface area (Å²) in [7, 11) is 0. The van der Waals surface area contributed by atoms with E-state index in [0.717, 1.165) is 83.2 Å². The van der Waals surface area contributed by atoms with Gasteiger partial charge in [-0.3, -0.25) is 24.0 Å². The summed E-state index contributed by atoms with van der Waals surface area (Å²) in [5, 5.41) is 2.81. The molecule has 404 valence electrons. The lowest BCUT2D eigenvalue weighted by Crippen LogP contribution is -2.50. The molecule has 1 N–H and O–H groups in total. The molecule has 5 aliphatic rings. The first-order valence-corrected chi connectivity index (χ1v) is 28.4. The number of nitrogens with one attached hydrogen (secondary N) is 1. The number of amides is 1. The normalized spacial score (nSPS) is 20.5. The maximum Gasteiger partial charge on any atom is 0.407 e. The maximum atomic E-state index is 13.6. The van der Waals surface area contributed by atoms with Gasteiger partial charge in [0, 0.05) is 46.6 Å². The zero-order valence-electron chi connectivity index (χ0n) is 44.0. The molecule has 14 nitrogen and oxygen atoms in total. The third-order valence-corrected chi connectivity index (χ3v) is 15.2. The molecular formula is C56H98N2O12. The molecule has 2 unspecified atom stereocenters. The molecular weight excluding hydrogens is 893 g/mol. The fourth-order valence-corrected chi connectivity index (χ4v) is 11.5. The highest BCUT2D eigenvalue weighted by molar-refractivity contribution is 5.71. The Morgan fingerprint density at radius 3 is 1.43 bits per heavy atom. The number of esters is 5. The molecule has 0 aromatic rings. The van der Waals surface area contributed by atoms with Crippen LogP contribution >= 0.6 is 0 Å². The van der Waals surface area contributed by atoms with Crippen molar-refractivity contribution in [2.75, 3.05) is 65.8 Å². The van der Waals surface area contributed by atoms with Crippen LogP contribution in [-0.4, -0.2) is 107 Å². The summed E-state index contributed by atoms with van der Waals surface area (Å²) < 4.78 is 34.2. The summed E-state index contributed by atoms with van der Waals surface area (Å²) in [5.74, 6) is -0.0468. The van der Waals surface area contributed by atoms with E-state index in [4.69, 9.17) is 28.4 Å². The van der Waals surface area contributed by atoms with Crippen molar-refractivity contribution in [1.82, 2.24) is 10.2 Å². The number of hydrogen-bond donors (Lipinski definition) is 1. The maximum absolute atomic E-state index is 13.6. The smallest absolute Gasteiger partial charge is 0.407 e. The molecule has 0 aromatic heterocycles. The van der Waals surface area contributed by atoms with Crippen LogP contribution in [0.3, 0.4) is 0 Å². The van der Waals surface area contributed by atoms with Crippen LogP contribution < -0.4 is 5.32 Å². The van der Waals surface area contributed by atoms with E-state index in [2.05, 4.69) is 24.1 Å². The van der Waals surface area contributed by atoms with E-state index >= 15 is 0 Å². The van der Waals surface area contributed by atoms with Crippen LogP contribution in [0.1, 0.15) is 227 Å². The average Bonchev–Trinajstić information content (AvgIpc) is 3.85. The van der Waals surface area contributed by atoms with Gasteiger partial charge < -0.3 is 38.6 Å². The summed E-state index contributed by atoms with van der Waals surface area (Å²) in [5.41, 5.74) is -0.986. The molecule has 4 saturated carbocycles. The van der Waals surface area contributed by atoms with Crippen LogP contribution in [0.4, 0.5) is 4.79 Å². The molecule has 3 bridgehead atoms. The number of likely N-dealkylation sites (tertiary alicyclic amines) is 1. The Morgan fingerprint density at radius 1 is 0.500 bits per heavy atom. The van der Waals surface area contributed by atoms with Crippen molar-refractivity contribution < 1.29 is 58.6 Å². The molecule has 1 saturated heterocycles. The number of carbonyl (C=O) groups is 6. The minimum Gasteiger partial charge on any atom is -0.466 e. The predicted octanol–water partition coefficient (Wildman–Crippen LogP) is 11.8. The lowest BCUT2D eigenvalue weighted by atomic mass is 9.45. The Kier molecular flexibility index (Phi) is 29.5. The van der Waals surface area contributed by atoms with E-state index < -0.39 is 23.4 Å². The van der Waals surface area contributed by atoms with Gasteiger partial charge in [0.1, 0.15) is 31.8 Å². The molecule has 0 aromatic carbocycles. The number of ether oxygens (including phenoxy) is 6. The first-order chi connectivity index (χ1) is 34.0. The lowest BCUT2D eigenvalue weighted by molar-refractivity contribution is -0.166. The van der Waals surface area contributed by atoms with Gasteiger partial charge in [-0.05, 0) is 126 Å². The zero-order valence-corrected chi connectivity index (χ0v) is 44.0. The van der Waals surface area contributed by atoms with Crippen LogP contribution in [0.5, 0.6) is 0 Å². The summed E-state index contributed by atoms with van der Waals surface area (Å²) in [6, 6.07) is 0. The Labute approximate surface area is 423 Å². The standard InChI is InChI=1S/C56H96N2O12.H2/c1-3-5-7-9-11-13-23-33-65-49(59)25-17-15-19-27-51(61)67-42-56(45-70-54(64)57-29-32-58-30-21-22-31-58,44-69-53(63)37-47-35-46-36-48-40-55(38-46,39-47)41-48)43-68-52(62)28-20-16-18-26-50(60)66-34-24-14-12-10-8-6-4-2;/h46-48H,3-45H2,1-2H3,(H,57,64);1H. The van der Waals surface area contributed by atoms with E-state index in [-0.39, 0.29) is 83.8 Å². The van der Waals surface area contributed by atoms with Gasteiger partial charge in [0.05, 0.1) is 13.2 Å². The lowest BCUT2D eigenvalue weighted by Gasteiger charge is -2.60. The second-order valence-electron chi connectivity index (χ2n) is 21.9. The molecule has 14 heteroatoms. The third kappa shape index (κ3) is 25.3. The molecule has 1 amide bonds. The van der Waals surface area contributed by atoms with E-state index in [1.54, 1.807) is 0 Å². The number of rotatable bonds is 41. The SMILES string of the molecule is CCCCCCCCCOC(=O)CCCCCC(=O)OCC(COC(=O)CCCCCC(=O)OCCCCCCCCC)(COC(=O)CC1CC2CC3CC(C1)(C2)C3)COC(=O)NCCN1CCCC1.[HH]. The highest BCUT2D eigenvalue weighted by Crippen LogP contribution is 2.64. The third-order valence-electron chi connectivity index (χ3n) is 15.2. The highest BCUT2D eigenvalue weighted by atomic mass is 16.6. The van der Waals surface area contributed by atoms with Crippen LogP contribution in [0.15, 0.2) is 0 Å². The molecule has 5 rings (SSSR count). The van der Waals surface area contributed by atoms with Crippen LogP contribution in [0.2, 0.25) is 0 Å². The first kappa shape index (κ1) is 59.1. The van der Waals surface area contributed by atoms with Gasteiger partial charge in [-0.15, -0.1) is 0 Å². The van der Waals surface area contributed by atoms with Crippen molar-refractivity contribution in [2.45, 2.75) is 226 Å². The molecule has 70 heavy (non-hydrogen) atoms. The first-order valence-electron chi connectivity index (χ1n) is 28.4. The number of nitrogens with zero attached hydrogens (tertiary/aromatic N) is 1. The van der Waals surface area contributed by atoms with Crippen molar-refractivity contribution in [3.05, 3.63) is 0 Å². The minimum atomic E-state index is -1.37. The van der Waals surface area contributed by atoms with Crippen molar-refractivity contribution >= 4 is 35.9 Å². The van der Waals surface area contributed by atoms with E-state index in [9.17, 15) is 28.8 Å². The average molecular weight is 991 g/mol. The van der Waals surface area contributed by atoms with Crippen LogP contribution in [-0.2, 0) is 52.4 Å². The van der Waals surface area contributed by atoms with Gasteiger partial charge >= 0.3 is 35.9 Å². The Balaban J connectivity index is 0.0000133. The summed E-state index contributed by atoms with van der Waals surface area (Å²) in [6.07, 6.45) is 29.3. The van der Waals surface area contributed by atoms with Gasteiger partial charge in [0.15, 0.2) is 0 Å². The summed E-state index contributed by atoms with van der Waals surface area (Å²) in [6.45, 7) is 7.12. The summed E-state index contributed by atoms with van der Waals surface area (Å²) >= 11 is 0. The molecule has 1 spiro atoms. The largest absolute Gasteiger partial charge is 0.466 e. The van der Waals surface area contributed by atoms with Gasteiger partial charge in [0.2, 0.25) is 0 Å². The van der Waals surface area contributed by atoms with Crippen LogP contribution in [0, 0.1) is 28.6 Å². The van der Waals surface area contributed by atoms with Gasteiger partial charge in [-0.2, -0.15) is 0 Å². The molecule has 2 atom stereocenters. The number of hydrogen-bond acceptors (Lipinski definition) is 13. The predicted molar refractivity (Wildman–Crippen MR) is 272 cm³/mol. The molecule has 0 radical (unpaired) electrons. The van der Waals surface area contributed by atoms with Crippen molar-refractivity contribution in [3.8, 4) is 0 Å². The van der Waals surface area contributed by atoms with Crippen molar-refractivity contribution in [3.63, 3.8) is 0 Å². The fraction of sp³-hybridized carbons (Fsp3) is 0.893. The second kappa shape index (κ2) is 34.9. The molecule has 1 heterocycles. The van der Waals surface area contributed by atoms with Crippen molar-refractivity contribution in [2.24, 2.45) is 28.6 Å². The Bertz CT molecular complexity index is 1460. The number of carbonyl (C=O) groups excluding carboxylic acids is 6. The topological polar surface area (TPSA) is 173 Å². The monoisotopic (exact) mass is 991 g/mol. The van der Waals surface area contributed by atoms with Gasteiger partial charge in [0.25, 0.3) is 0 Å². The number of alkyl carbamates (subject to hydrolysis) is 1. The number of unbranched alkanes of at least 4 members (excludes halogenated alkanes) is 16. The zero-order chi connectivity index (χ0) is 50.1. The van der Waals surface area contributed by atoms with Gasteiger partial charge in [-0.25, -0.2) is 4.79 Å². The van der Waals surface area contributed by atoms with E-state index in [1.807, 2.05) is 0 Å². The van der Waals surface area contributed by atoms with Crippen molar-refractivity contribution in [1.29, 1.82) is 0 Å². The highest BCUT2D eigenvalue weighted by Gasteiger charge is 2.54. The van der Waals surface area contributed by atoms with Crippen LogP contribution in [0.25, 0.3) is 0 Å². The Morgan fingerprint density at radius 2 is 0.929 bits per heavy atom. The molecule has 1 aliphatic heterocycles. The summed E-state index contributed by atoms with van der Waals surface area (Å²) in [4.78, 5) is 80.0. The quantitative estimate of drug-likeness (QED) is 0.0349. The molecule has 4 aliphatic carbocycles. The fourth-order valence-electron chi connectivity index (χ4n) is 11.5.